The molecule has 3 atom stereocenters. The fourth-order valence-electron chi connectivity index (χ4n) is 5.85. The van der Waals surface area contributed by atoms with E-state index in [1.54, 1.807) is 34.8 Å². The number of aryl methyl sites for hydroxylation is 1. The molecule has 2 aromatic heterocycles. The van der Waals surface area contributed by atoms with Gasteiger partial charge in [-0.2, -0.15) is 5.10 Å². The third kappa shape index (κ3) is 3.37. The molecule has 1 N–H and O–H groups in total. The molecule has 2 fully saturated rings. The Kier molecular flexibility index (Phi) is 4.93. The van der Waals surface area contributed by atoms with Crippen molar-refractivity contribution in [3.05, 3.63) is 83.7 Å². The quantitative estimate of drug-likeness (QED) is 0.472. The number of benzene rings is 2. The first-order valence-corrected chi connectivity index (χ1v) is 11.7. The van der Waals surface area contributed by atoms with Crippen LogP contribution < -0.4 is 5.32 Å². The number of likely N-dealkylation sites (tertiary alicyclic amines) is 1. The van der Waals surface area contributed by atoms with Crippen LogP contribution in [0.5, 0.6) is 0 Å². The van der Waals surface area contributed by atoms with Crippen LogP contribution in [-0.2, 0) is 15.0 Å². The average molecular weight is 488 g/mol. The first-order valence-electron chi connectivity index (χ1n) is 11.7. The summed E-state index contributed by atoms with van der Waals surface area (Å²) in [6.45, 7) is 4.48. The summed E-state index contributed by atoms with van der Waals surface area (Å²) in [5, 5.41) is 8.22. The topological polar surface area (TPSA) is 80.1 Å². The number of hydrogen-bond acceptors (Lipinski definition) is 4. The van der Waals surface area contributed by atoms with Gasteiger partial charge in [-0.3, -0.25) is 9.59 Å². The summed E-state index contributed by atoms with van der Waals surface area (Å²) in [5.41, 5.74) is 3.08. The monoisotopic (exact) mass is 487 g/mol. The van der Waals surface area contributed by atoms with Crippen molar-refractivity contribution < 1.29 is 18.4 Å². The standard InChI is InChI=1S/C27H23F2N5O2/c1-15-9-23-17(11-31-34(23)20-6-3-18(28)4-7-20)10-21(15)27-14-33(16(2)35)13-22(27)25(27)26(36)32-24-8-5-19(29)12-30-24/h3-12,22,25H,13-14H2,1-2H3,(H,30,32,36)/t22-,25+,27+/m0/s1. The number of fused-ring (bicyclic) bond motifs is 2. The van der Waals surface area contributed by atoms with E-state index in [1.807, 2.05) is 13.0 Å². The van der Waals surface area contributed by atoms with E-state index in [9.17, 15) is 18.4 Å². The van der Waals surface area contributed by atoms with Crippen LogP contribution in [0.4, 0.5) is 14.6 Å². The van der Waals surface area contributed by atoms with Crippen LogP contribution in [0.25, 0.3) is 16.6 Å². The molecule has 0 bridgehead atoms. The second-order valence-corrected chi connectivity index (χ2v) is 9.63. The van der Waals surface area contributed by atoms with Crippen LogP contribution in [0.2, 0.25) is 0 Å². The molecule has 2 aliphatic rings. The largest absolute Gasteiger partial charge is 0.342 e. The van der Waals surface area contributed by atoms with Gasteiger partial charge in [0.15, 0.2) is 0 Å². The van der Waals surface area contributed by atoms with Crippen LogP contribution in [-0.4, -0.2) is 44.6 Å². The summed E-state index contributed by atoms with van der Waals surface area (Å²) in [6, 6.07) is 12.9. The molecule has 36 heavy (non-hydrogen) atoms. The number of hydrogen-bond donors (Lipinski definition) is 1. The van der Waals surface area contributed by atoms with Crippen LogP contribution >= 0.6 is 0 Å². The van der Waals surface area contributed by atoms with Crippen molar-refractivity contribution in [1.29, 1.82) is 0 Å². The van der Waals surface area contributed by atoms with Crippen molar-refractivity contribution in [1.82, 2.24) is 19.7 Å². The third-order valence-corrected chi connectivity index (χ3v) is 7.57. The summed E-state index contributed by atoms with van der Waals surface area (Å²) < 4.78 is 28.4. The van der Waals surface area contributed by atoms with Gasteiger partial charge in [-0.05, 0) is 66.6 Å². The number of pyridine rings is 1. The summed E-state index contributed by atoms with van der Waals surface area (Å²) in [4.78, 5) is 31.3. The minimum Gasteiger partial charge on any atom is -0.342 e. The normalized spacial score (nSPS) is 22.5. The minimum absolute atomic E-state index is 0.0243. The predicted octanol–water partition coefficient (Wildman–Crippen LogP) is 3.99. The molecule has 1 saturated heterocycles. The highest BCUT2D eigenvalue weighted by atomic mass is 19.1. The molecular weight excluding hydrogens is 464 g/mol. The van der Waals surface area contributed by atoms with Gasteiger partial charge in [-0.15, -0.1) is 0 Å². The Morgan fingerprint density at radius 3 is 2.50 bits per heavy atom. The number of carbonyl (C=O) groups is 2. The SMILES string of the molecule is CC(=O)N1C[C@H]2[C@H](C(=O)Nc3ccc(F)cn3)[C@@]2(c2cc3cnn(-c4ccc(F)cc4)c3cc2C)C1. The molecule has 4 aromatic rings. The number of carbonyl (C=O) groups excluding carboxylic acids is 2. The Labute approximate surface area is 205 Å². The van der Waals surface area contributed by atoms with Crippen molar-refractivity contribution in [2.45, 2.75) is 19.3 Å². The molecular formula is C27H23F2N5O2. The molecule has 0 unspecified atom stereocenters. The maximum Gasteiger partial charge on any atom is 0.230 e. The summed E-state index contributed by atoms with van der Waals surface area (Å²) in [7, 11) is 0. The van der Waals surface area contributed by atoms with Gasteiger partial charge < -0.3 is 10.2 Å². The van der Waals surface area contributed by atoms with E-state index in [2.05, 4.69) is 21.5 Å². The number of amides is 2. The predicted molar refractivity (Wildman–Crippen MR) is 130 cm³/mol. The maximum atomic E-state index is 13.4. The third-order valence-electron chi connectivity index (χ3n) is 7.57. The lowest BCUT2D eigenvalue weighted by Crippen LogP contribution is -2.36. The van der Waals surface area contributed by atoms with Gasteiger partial charge in [0.25, 0.3) is 0 Å². The van der Waals surface area contributed by atoms with E-state index in [1.165, 1.54) is 24.3 Å². The Bertz CT molecular complexity index is 1520. The van der Waals surface area contributed by atoms with Crippen molar-refractivity contribution in [3.8, 4) is 5.69 Å². The molecule has 6 rings (SSSR count). The molecule has 2 aromatic carbocycles. The zero-order chi connectivity index (χ0) is 25.2. The highest BCUT2D eigenvalue weighted by molar-refractivity contribution is 5.97. The van der Waals surface area contributed by atoms with Gasteiger partial charge in [-0.1, -0.05) is 0 Å². The van der Waals surface area contributed by atoms with E-state index in [0.717, 1.165) is 33.9 Å². The lowest BCUT2D eigenvalue weighted by Gasteiger charge is -2.24. The summed E-state index contributed by atoms with van der Waals surface area (Å²) in [6.07, 6.45) is 2.82. The molecule has 9 heteroatoms. The van der Waals surface area contributed by atoms with Crippen LogP contribution in [0, 0.1) is 30.4 Å². The van der Waals surface area contributed by atoms with Crippen molar-refractivity contribution in [3.63, 3.8) is 0 Å². The Balaban J connectivity index is 1.38. The van der Waals surface area contributed by atoms with Crippen molar-refractivity contribution >= 4 is 28.5 Å². The van der Waals surface area contributed by atoms with Gasteiger partial charge in [0.1, 0.15) is 17.5 Å². The molecule has 1 aliphatic carbocycles. The van der Waals surface area contributed by atoms with E-state index >= 15 is 0 Å². The zero-order valence-electron chi connectivity index (χ0n) is 19.7. The van der Waals surface area contributed by atoms with Crippen LogP contribution in [0.15, 0.2) is 60.9 Å². The van der Waals surface area contributed by atoms with E-state index in [4.69, 9.17) is 0 Å². The highest BCUT2D eigenvalue weighted by Gasteiger charge is 2.73. The van der Waals surface area contributed by atoms with Crippen molar-refractivity contribution in [2.24, 2.45) is 11.8 Å². The summed E-state index contributed by atoms with van der Waals surface area (Å²) >= 11 is 0. The Hall–Kier alpha value is -4.14. The Morgan fingerprint density at radius 2 is 1.81 bits per heavy atom. The number of halogens is 2. The molecule has 182 valence electrons. The van der Waals surface area contributed by atoms with Gasteiger partial charge in [0.2, 0.25) is 11.8 Å². The number of anilines is 1. The lowest BCUT2D eigenvalue weighted by atomic mass is 9.88. The minimum atomic E-state index is -0.522. The van der Waals surface area contributed by atoms with E-state index in [-0.39, 0.29) is 35.3 Å². The molecule has 3 heterocycles. The number of piperidine rings is 1. The molecule has 1 aliphatic heterocycles. The van der Waals surface area contributed by atoms with Gasteiger partial charge >= 0.3 is 0 Å². The second-order valence-electron chi connectivity index (χ2n) is 9.63. The van der Waals surface area contributed by atoms with E-state index in [0.29, 0.717) is 13.1 Å². The first-order chi connectivity index (χ1) is 17.3. The van der Waals surface area contributed by atoms with Crippen LogP contribution in [0.1, 0.15) is 18.1 Å². The zero-order valence-corrected chi connectivity index (χ0v) is 19.7. The Morgan fingerprint density at radius 1 is 1.06 bits per heavy atom. The first kappa shape index (κ1) is 22.3. The number of rotatable bonds is 4. The maximum absolute atomic E-state index is 13.4. The molecule has 1 saturated carbocycles. The average Bonchev–Trinajstić information content (AvgIpc) is 3.12. The second kappa shape index (κ2) is 7.94. The van der Waals surface area contributed by atoms with E-state index < -0.39 is 11.2 Å². The highest BCUT2D eigenvalue weighted by Crippen LogP contribution is 2.65. The molecule has 0 radical (unpaired) electrons. The summed E-state index contributed by atoms with van der Waals surface area (Å²) in [5.74, 6) is -1.10. The fourth-order valence-corrected chi connectivity index (χ4v) is 5.85. The number of nitrogens with one attached hydrogen (secondary N) is 1. The van der Waals surface area contributed by atoms with Gasteiger partial charge in [-0.25, -0.2) is 18.4 Å². The number of nitrogens with zero attached hydrogens (tertiary/aromatic N) is 4. The van der Waals surface area contributed by atoms with Crippen LogP contribution in [0.3, 0.4) is 0 Å². The molecule has 2 amide bonds. The van der Waals surface area contributed by atoms with Crippen molar-refractivity contribution in [2.75, 3.05) is 18.4 Å². The fraction of sp³-hybridized carbons (Fsp3) is 0.259. The van der Waals surface area contributed by atoms with Gasteiger partial charge in [0, 0.05) is 36.7 Å². The molecule has 7 nitrogen and oxygen atoms in total. The van der Waals surface area contributed by atoms with Gasteiger partial charge in [0.05, 0.1) is 29.5 Å². The number of aromatic nitrogens is 3. The molecule has 0 spiro atoms. The smallest absolute Gasteiger partial charge is 0.230 e. The lowest BCUT2D eigenvalue weighted by molar-refractivity contribution is -0.129.